The lowest BCUT2D eigenvalue weighted by Gasteiger charge is -2.19. The van der Waals surface area contributed by atoms with E-state index in [1.165, 1.54) is 6.07 Å². The highest BCUT2D eigenvalue weighted by atomic mass is 19.4. The van der Waals surface area contributed by atoms with Crippen molar-refractivity contribution in [2.45, 2.75) is 6.18 Å². The normalized spacial score (nSPS) is 14.6. The second kappa shape index (κ2) is 4.61. The average Bonchev–Trinajstić information content (AvgIpc) is 3.10. The lowest BCUT2D eigenvalue weighted by molar-refractivity contribution is -0.141. The average molecular weight is 319 g/mol. The van der Waals surface area contributed by atoms with Crippen LogP contribution in [0.3, 0.4) is 0 Å². The molecule has 8 heteroatoms. The Hall–Kier alpha value is -2.77. The van der Waals surface area contributed by atoms with Gasteiger partial charge in [0, 0.05) is 18.1 Å². The van der Waals surface area contributed by atoms with Crippen LogP contribution in [0.2, 0.25) is 0 Å². The Morgan fingerprint density at radius 1 is 1.17 bits per heavy atom. The van der Waals surface area contributed by atoms with Gasteiger partial charge in [0.05, 0.1) is 24.1 Å². The molecular formula is C15H12F3N5. The van der Waals surface area contributed by atoms with E-state index in [-0.39, 0.29) is 0 Å². The predicted molar refractivity (Wildman–Crippen MR) is 80.7 cm³/mol. The number of H-pyrrole nitrogens is 1. The number of anilines is 3. The number of halogens is 3. The lowest BCUT2D eigenvalue weighted by atomic mass is 10.2. The molecule has 0 spiro atoms. The molecule has 1 aliphatic rings. The van der Waals surface area contributed by atoms with E-state index in [0.717, 1.165) is 22.7 Å². The summed E-state index contributed by atoms with van der Waals surface area (Å²) in [5, 5.41) is 7.70. The van der Waals surface area contributed by atoms with Crippen LogP contribution in [-0.4, -0.2) is 28.9 Å². The fraction of sp³-hybridized carbons (Fsp3) is 0.200. The molecular weight excluding hydrogens is 307 g/mol. The second-order valence-corrected chi connectivity index (χ2v) is 5.45. The summed E-state index contributed by atoms with van der Waals surface area (Å²) >= 11 is 0. The van der Waals surface area contributed by atoms with Crippen molar-refractivity contribution in [2.24, 2.45) is 0 Å². The van der Waals surface area contributed by atoms with Crippen LogP contribution in [-0.2, 0) is 6.18 Å². The first-order chi connectivity index (χ1) is 10.9. The van der Waals surface area contributed by atoms with Crippen molar-refractivity contribution in [2.75, 3.05) is 23.5 Å². The van der Waals surface area contributed by atoms with E-state index in [0.29, 0.717) is 18.2 Å². The number of hydrogen-bond donors (Lipinski definition) is 1. The smallest absolute Gasteiger partial charge is 0.354 e. The molecule has 0 fully saturated rings. The van der Waals surface area contributed by atoms with Gasteiger partial charge in [0.2, 0.25) is 0 Å². The molecule has 1 aliphatic heterocycles. The van der Waals surface area contributed by atoms with Gasteiger partial charge in [0.25, 0.3) is 0 Å². The molecule has 3 heterocycles. The largest absolute Gasteiger partial charge is 0.433 e. The van der Waals surface area contributed by atoms with E-state index in [1.54, 1.807) is 11.1 Å². The SMILES string of the molecule is CN1CN(c2ccc3[nH]ncc3c2)c2nc(C(F)(F)F)ccc21. The Morgan fingerprint density at radius 2 is 2.00 bits per heavy atom. The first-order valence-corrected chi connectivity index (χ1v) is 6.93. The third-order valence-electron chi connectivity index (χ3n) is 3.90. The molecule has 0 aliphatic carbocycles. The van der Waals surface area contributed by atoms with E-state index >= 15 is 0 Å². The maximum atomic E-state index is 12.9. The molecule has 0 bridgehead atoms. The Bertz CT molecular complexity index is 886. The Balaban J connectivity index is 1.83. The summed E-state index contributed by atoms with van der Waals surface area (Å²) < 4.78 is 38.8. The summed E-state index contributed by atoms with van der Waals surface area (Å²) in [4.78, 5) is 7.46. The molecule has 0 saturated heterocycles. The molecule has 118 valence electrons. The fourth-order valence-electron chi connectivity index (χ4n) is 2.75. The number of nitrogens with one attached hydrogen (secondary N) is 1. The Labute approximate surface area is 129 Å². The van der Waals surface area contributed by atoms with Gasteiger partial charge in [-0.05, 0) is 30.3 Å². The van der Waals surface area contributed by atoms with Crippen molar-refractivity contribution in [3.05, 3.63) is 42.2 Å². The van der Waals surface area contributed by atoms with E-state index in [1.807, 2.05) is 30.1 Å². The summed E-state index contributed by atoms with van der Waals surface area (Å²) in [6.07, 6.45) is -2.78. The first-order valence-electron chi connectivity index (χ1n) is 6.93. The van der Waals surface area contributed by atoms with Crippen LogP contribution in [0.15, 0.2) is 36.5 Å². The van der Waals surface area contributed by atoms with Gasteiger partial charge in [-0.15, -0.1) is 0 Å². The van der Waals surface area contributed by atoms with Crippen molar-refractivity contribution in [1.82, 2.24) is 15.2 Å². The number of rotatable bonds is 1. The van der Waals surface area contributed by atoms with Crippen LogP contribution in [0.5, 0.6) is 0 Å². The van der Waals surface area contributed by atoms with Gasteiger partial charge >= 0.3 is 6.18 Å². The molecule has 5 nitrogen and oxygen atoms in total. The molecule has 0 saturated carbocycles. The molecule has 0 atom stereocenters. The van der Waals surface area contributed by atoms with Gasteiger partial charge in [-0.3, -0.25) is 5.10 Å². The molecule has 2 aromatic heterocycles. The molecule has 4 rings (SSSR count). The second-order valence-electron chi connectivity index (χ2n) is 5.45. The van der Waals surface area contributed by atoms with Crippen LogP contribution >= 0.6 is 0 Å². The molecule has 23 heavy (non-hydrogen) atoms. The van der Waals surface area contributed by atoms with E-state index < -0.39 is 11.9 Å². The number of nitrogens with zero attached hydrogens (tertiary/aromatic N) is 4. The number of fused-ring (bicyclic) bond motifs is 2. The molecule has 1 N–H and O–H groups in total. The summed E-state index contributed by atoms with van der Waals surface area (Å²) in [7, 11) is 1.82. The minimum Gasteiger partial charge on any atom is -0.354 e. The summed E-state index contributed by atoms with van der Waals surface area (Å²) in [5.41, 5.74) is 1.43. The van der Waals surface area contributed by atoms with Gasteiger partial charge in [0.1, 0.15) is 5.69 Å². The zero-order valence-corrected chi connectivity index (χ0v) is 12.1. The third kappa shape index (κ3) is 2.18. The number of aromatic nitrogens is 3. The molecule has 1 aromatic carbocycles. The highest BCUT2D eigenvalue weighted by molar-refractivity contribution is 5.86. The van der Waals surface area contributed by atoms with Crippen LogP contribution in [0.1, 0.15) is 5.69 Å². The van der Waals surface area contributed by atoms with Gasteiger partial charge in [-0.25, -0.2) is 4.98 Å². The minimum absolute atomic E-state index is 0.310. The van der Waals surface area contributed by atoms with Gasteiger partial charge < -0.3 is 9.80 Å². The number of pyridine rings is 1. The molecule has 0 unspecified atom stereocenters. The third-order valence-corrected chi connectivity index (χ3v) is 3.90. The molecule has 3 aromatic rings. The number of alkyl halides is 3. The van der Waals surface area contributed by atoms with Crippen LogP contribution in [0, 0.1) is 0 Å². The fourth-order valence-corrected chi connectivity index (χ4v) is 2.75. The zero-order chi connectivity index (χ0) is 16.2. The monoisotopic (exact) mass is 319 g/mol. The first kappa shape index (κ1) is 13.9. The van der Waals surface area contributed by atoms with E-state index in [2.05, 4.69) is 15.2 Å². The van der Waals surface area contributed by atoms with Crippen LogP contribution in [0.4, 0.5) is 30.4 Å². The summed E-state index contributed by atoms with van der Waals surface area (Å²) in [6, 6.07) is 8.04. The molecule has 0 amide bonds. The number of benzene rings is 1. The van der Waals surface area contributed by atoms with Crippen molar-refractivity contribution in [3.63, 3.8) is 0 Å². The predicted octanol–water partition coefficient (Wildman–Crippen LogP) is 3.52. The summed E-state index contributed by atoms with van der Waals surface area (Å²) in [6.45, 7) is 0.438. The van der Waals surface area contributed by atoms with Crippen LogP contribution < -0.4 is 9.80 Å². The van der Waals surface area contributed by atoms with Crippen molar-refractivity contribution >= 4 is 28.1 Å². The van der Waals surface area contributed by atoms with E-state index in [9.17, 15) is 13.2 Å². The number of aromatic amines is 1. The zero-order valence-electron chi connectivity index (χ0n) is 12.1. The Kier molecular flexibility index (Phi) is 2.78. The highest BCUT2D eigenvalue weighted by Crippen LogP contribution is 2.41. The Morgan fingerprint density at radius 3 is 2.78 bits per heavy atom. The van der Waals surface area contributed by atoms with Crippen LogP contribution in [0.25, 0.3) is 10.9 Å². The van der Waals surface area contributed by atoms with Crippen molar-refractivity contribution in [1.29, 1.82) is 0 Å². The minimum atomic E-state index is -4.46. The van der Waals surface area contributed by atoms with Crippen molar-refractivity contribution in [3.8, 4) is 0 Å². The van der Waals surface area contributed by atoms with Gasteiger partial charge in [-0.2, -0.15) is 18.3 Å². The standard InChI is InChI=1S/C15H12F3N5/c1-22-8-23(10-2-3-11-9(6-10)7-19-21-11)14-12(22)4-5-13(20-14)15(16,17)18/h2-7H,8H2,1H3,(H,19,21). The maximum Gasteiger partial charge on any atom is 0.433 e. The van der Waals surface area contributed by atoms with Crippen molar-refractivity contribution < 1.29 is 13.2 Å². The molecule has 0 radical (unpaired) electrons. The highest BCUT2D eigenvalue weighted by Gasteiger charge is 2.35. The van der Waals surface area contributed by atoms with Gasteiger partial charge in [-0.1, -0.05) is 0 Å². The quantitative estimate of drug-likeness (QED) is 0.745. The number of hydrogen-bond acceptors (Lipinski definition) is 4. The topological polar surface area (TPSA) is 48.0 Å². The maximum absolute atomic E-state index is 12.9. The van der Waals surface area contributed by atoms with E-state index in [4.69, 9.17) is 0 Å². The summed E-state index contributed by atoms with van der Waals surface area (Å²) in [5.74, 6) is 0.310. The lowest BCUT2D eigenvalue weighted by Crippen LogP contribution is -2.24. The van der Waals surface area contributed by atoms with Gasteiger partial charge in [0.15, 0.2) is 5.82 Å².